The van der Waals surface area contributed by atoms with Crippen molar-refractivity contribution in [2.45, 2.75) is 0 Å². The van der Waals surface area contributed by atoms with Gasteiger partial charge in [0.2, 0.25) is 0 Å². The zero-order valence-corrected chi connectivity index (χ0v) is 13.3. The van der Waals surface area contributed by atoms with Crippen molar-refractivity contribution in [3.63, 3.8) is 0 Å². The summed E-state index contributed by atoms with van der Waals surface area (Å²) >= 11 is 0. The Morgan fingerprint density at radius 3 is 2.44 bits per heavy atom. The lowest BCUT2D eigenvalue weighted by atomic mass is 10.1. The van der Waals surface area contributed by atoms with Crippen LogP contribution in [-0.2, 0) is 4.79 Å². The van der Waals surface area contributed by atoms with Crippen LogP contribution in [0.25, 0.3) is 6.08 Å². The fourth-order valence-corrected chi connectivity index (χ4v) is 2.00. The Balaban J connectivity index is 2.25. The molecule has 25 heavy (non-hydrogen) atoms. The number of carbonyl (C=O) groups excluding carboxylic acids is 2. The summed E-state index contributed by atoms with van der Waals surface area (Å²) in [5.41, 5.74) is 5.62. The van der Waals surface area contributed by atoms with E-state index in [4.69, 9.17) is 10.5 Å². The van der Waals surface area contributed by atoms with E-state index in [1.807, 2.05) is 0 Å². The summed E-state index contributed by atoms with van der Waals surface area (Å²) in [6, 6.07) is 11.9. The number of benzene rings is 2. The Hall–Kier alpha value is -3.68. The summed E-state index contributed by atoms with van der Waals surface area (Å²) in [4.78, 5) is 34.0. The topological polar surface area (TPSA) is 125 Å². The second-order valence-corrected chi connectivity index (χ2v) is 4.96. The number of hydrogen-bond donors (Lipinski definition) is 2. The van der Waals surface area contributed by atoms with Crippen LogP contribution in [0.3, 0.4) is 0 Å². The molecule has 0 aliphatic carbocycles. The first-order chi connectivity index (χ1) is 11.9. The molecule has 0 heterocycles. The van der Waals surface area contributed by atoms with Gasteiger partial charge in [-0.1, -0.05) is 12.1 Å². The van der Waals surface area contributed by atoms with Crippen molar-refractivity contribution in [2.24, 2.45) is 5.73 Å². The zero-order chi connectivity index (χ0) is 18.4. The van der Waals surface area contributed by atoms with Crippen molar-refractivity contribution in [2.75, 3.05) is 7.11 Å². The molecule has 2 aromatic rings. The van der Waals surface area contributed by atoms with Crippen LogP contribution in [0.2, 0.25) is 0 Å². The molecule has 0 saturated carbocycles. The van der Waals surface area contributed by atoms with E-state index in [1.54, 1.807) is 18.2 Å². The van der Waals surface area contributed by atoms with E-state index >= 15 is 0 Å². The van der Waals surface area contributed by atoms with Gasteiger partial charge in [-0.3, -0.25) is 19.7 Å². The normalized spacial score (nSPS) is 10.8. The van der Waals surface area contributed by atoms with Gasteiger partial charge in [0, 0.05) is 17.7 Å². The van der Waals surface area contributed by atoms with E-state index in [2.05, 4.69) is 5.32 Å². The average Bonchev–Trinajstić information content (AvgIpc) is 2.61. The molecule has 8 heteroatoms. The summed E-state index contributed by atoms with van der Waals surface area (Å²) in [6.45, 7) is 0. The number of rotatable bonds is 6. The molecule has 128 valence electrons. The van der Waals surface area contributed by atoms with Crippen LogP contribution in [0.1, 0.15) is 15.9 Å². The van der Waals surface area contributed by atoms with Gasteiger partial charge in [0.05, 0.1) is 12.0 Å². The highest BCUT2D eigenvalue weighted by molar-refractivity contribution is 6.04. The van der Waals surface area contributed by atoms with Gasteiger partial charge in [0.15, 0.2) is 0 Å². The van der Waals surface area contributed by atoms with E-state index in [0.29, 0.717) is 16.9 Å². The number of primary amides is 1. The van der Waals surface area contributed by atoms with Crippen LogP contribution in [0, 0.1) is 10.1 Å². The van der Waals surface area contributed by atoms with Gasteiger partial charge < -0.3 is 15.8 Å². The number of ether oxygens (including phenoxy) is 1. The average molecular weight is 341 g/mol. The van der Waals surface area contributed by atoms with E-state index in [1.165, 1.54) is 43.5 Å². The molecule has 0 aromatic heterocycles. The van der Waals surface area contributed by atoms with E-state index in [0.717, 1.165) is 0 Å². The quantitative estimate of drug-likeness (QED) is 0.471. The maximum Gasteiger partial charge on any atom is 0.270 e. The molecular weight excluding hydrogens is 326 g/mol. The minimum atomic E-state index is -0.867. The molecule has 2 aromatic carbocycles. The maximum atomic E-state index is 12.2. The number of hydrogen-bond acceptors (Lipinski definition) is 5. The lowest BCUT2D eigenvalue weighted by Gasteiger charge is -2.08. The molecule has 0 fully saturated rings. The van der Waals surface area contributed by atoms with Crippen molar-refractivity contribution in [1.29, 1.82) is 0 Å². The van der Waals surface area contributed by atoms with Gasteiger partial charge >= 0.3 is 0 Å². The van der Waals surface area contributed by atoms with Crippen molar-refractivity contribution >= 4 is 23.6 Å². The fourth-order valence-electron chi connectivity index (χ4n) is 2.00. The molecule has 0 unspecified atom stereocenters. The molecule has 0 atom stereocenters. The van der Waals surface area contributed by atoms with Crippen LogP contribution >= 0.6 is 0 Å². The van der Waals surface area contributed by atoms with Gasteiger partial charge in [0.25, 0.3) is 17.5 Å². The first kappa shape index (κ1) is 17.7. The number of carbonyl (C=O) groups is 2. The number of nitrogens with two attached hydrogens (primary N) is 1. The van der Waals surface area contributed by atoms with Crippen molar-refractivity contribution < 1.29 is 19.2 Å². The Labute approximate surface area is 143 Å². The Kier molecular flexibility index (Phi) is 5.47. The molecule has 0 saturated heterocycles. The lowest BCUT2D eigenvalue weighted by Crippen LogP contribution is -2.31. The van der Waals surface area contributed by atoms with Crippen LogP contribution in [0.15, 0.2) is 54.2 Å². The van der Waals surface area contributed by atoms with Gasteiger partial charge in [-0.2, -0.15) is 0 Å². The Bertz CT molecular complexity index is 844. The predicted octanol–water partition coefficient (Wildman–Crippen LogP) is 1.86. The molecule has 0 spiro atoms. The maximum absolute atomic E-state index is 12.2. The summed E-state index contributed by atoms with van der Waals surface area (Å²) < 4.78 is 5.01. The van der Waals surface area contributed by atoms with Gasteiger partial charge in [0.1, 0.15) is 11.4 Å². The molecule has 8 nitrogen and oxygen atoms in total. The highest BCUT2D eigenvalue weighted by atomic mass is 16.6. The van der Waals surface area contributed by atoms with Gasteiger partial charge in [-0.25, -0.2) is 0 Å². The molecule has 2 amide bonds. The number of non-ortho nitro benzene ring substituents is 1. The van der Waals surface area contributed by atoms with Crippen LogP contribution in [0.4, 0.5) is 5.69 Å². The zero-order valence-electron chi connectivity index (χ0n) is 13.3. The smallest absolute Gasteiger partial charge is 0.270 e. The molecular formula is C17H15N3O5. The number of methoxy groups -OCH3 is 1. The molecule has 2 rings (SSSR count). The molecule has 0 aliphatic rings. The Morgan fingerprint density at radius 2 is 1.88 bits per heavy atom. The summed E-state index contributed by atoms with van der Waals surface area (Å²) in [6.07, 6.45) is 1.27. The third-order valence-corrected chi connectivity index (χ3v) is 3.26. The number of amides is 2. The monoisotopic (exact) mass is 341 g/mol. The van der Waals surface area contributed by atoms with Gasteiger partial charge in [-0.05, 0) is 35.9 Å². The first-order valence-electron chi connectivity index (χ1n) is 7.12. The van der Waals surface area contributed by atoms with E-state index in [-0.39, 0.29) is 11.4 Å². The largest absolute Gasteiger partial charge is 0.497 e. The fraction of sp³-hybridized carbons (Fsp3) is 0.0588. The summed E-state index contributed by atoms with van der Waals surface area (Å²) in [7, 11) is 1.50. The number of nitrogens with one attached hydrogen (secondary N) is 1. The van der Waals surface area contributed by atoms with Crippen LogP contribution in [0.5, 0.6) is 5.75 Å². The Morgan fingerprint density at radius 1 is 1.20 bits per heavy atom. The van der Waals surface area contributed by atoms with Crippen molar-refractivity contribution in [1.82, 2.24) is 5.32 Å². The molecule has 3 N–H and O–H groups in total. The highest BCUT2D eigenvalue weighted by Crippen LogP contribution is 2.16. The van der Waals surface area contributed by atoms with Gasteiger partial charge in [-0.15, -0.1) is 0 Å². The first-order valence-corrected chi connectivity index (χ1v) is 7.12. The molecule has 0 bridgehead atoms. The van der Waals surface area contributed by atoms with E-state index < -0.39 is 16.7 Å². The standard InChI is InChI=1S/C17H15N3O5/c1-25-14-7-5-12(6-8-14)17(22)19-15(16(18)21)10-11-3-2-4-13(9-11)20(23)24/h2-10H,1H3,(H2,18,21)(H,19,22). The van der Waals surface area contributed by atoms with Crippen molar-refractivity contribution in [3.05, 3.63) is 75.5 Å². The second kappa shape index (κ2) is 7.73. The number of nitrogens with zero attached hydrogens (tertiary/aromatic N) is 1. The summed E-state index contributed by atoms with van der Waals surface area (Å²) in [5.74, 6) is -0.828. The molecule has 0 radical (unpaired) electrons. The molecule has 0 aliphatic heterocycles. The lowest BCUT2D eigenvalue weighted by molar-refractivity contribution is -0.384. The third kappa shape index (κ3) is 4.64. The van der Waals surface area contributed by atoms with Crippen molar-refractivity contribution in [3.8, 4) is 5.75 Å². The number of nitro benzene ring substituents is 1. The number of nitro groups is 1. The summed E-state index contributed by atoms with van der Waals surface area (Å²) in [5, 5.41) is 13.2. The van der Waals surface area contributed by atoms with E-state index in [9.17, 15) is 19.7 Å². The van der Waals surface area contributed by atoms with Crippen LogP contribution < -0.4 is 15.8 Å². The second-order valence-electron chi connectivity index (χ2n) is 4.96. The highest BCUT2D eigenvalue weighted by Gasteiger charge is 2.13. The minimum absolute atomic E-state index is 0.140. The third-order valence-electron chi connectivity index (χ3n) is 3.26. The predicted molar refractivity (Wildman–Crippen MR) is 90.7 cm³/mol. The SMILES string of the molecule is COc1ccc(C(=O)NC(=Cc2cccc([N+](=O)[O-])c2)C(N)=O)cc1. The minimum Gasteiger partial charge on any atom is -0.497 e. The van der Waals surface area contributed by atoms with Crippen LogP contribution in [-0.4, -0.2) is 23.8 Å².